The Bertz CT molecular complexity index is 313. The average Bonchev–Trinajstić information content (AvgIpc) is 2.59. The molecule has 0 spiro atoms. The Hall–Kier alpha value is -1.34. The van der Waals surface area contributed by atoms with E-state index in [2.05, 4.69) is 28.3 Å². The molecule has 0 saturated carbocycles. The van der Waals surface area contributed by atoms with Gasteiger partial charge in [-0.2, -0.15) is 4.98 Å². The second-order valence-corrected chi connectivity index (χ2v) is 3.12. The van der Waals surface area contributed by atoms with Crippen LogP contribution >= 0.6 is 0 Å². The van der Waals surface area contributed by atoms with Crippen molar-refractivity contribution in [1.82, 2.24) is 15.5 Å². The molecule has 76 valence electrons. The van der Waals surface area contributed by atoms with E-state index in [0.717, 1.165) is 12.8 Å². The van der Waals surface area contributed by atoms with E-state index >= 15 is 0 Å². The third-order valence-electron chi connectivity index (χ3n) is 1.85. The van der Waals surface area contributed by atoms with Gasteiger partial charge >= 0.3 is 0 Å². The Kier molecular flexibility index (Phi) is 4.14. The third-order valence-corrected chi connectivity index (χ3v) is 1.85. The van der Waals surface area contributed by atoms with Gasteiger partial charge in [0.2, 0.25) is 5.89 Å². The van der Waals surface area contributed by atoms with Gasteiger partial charge in [0.15, 0.2) is 5.82 Å². The van der Waals surface area contributed by atoms with Crippen LogP contribution in [0.1, 0.15) is 31.5 Å². The molecule has 4 nitrogen and oxygen atoms in total. The Labute approximate surface area is 84.1 Å². The quantitative estimate of drug-likeness (QED) is 0.715. The van der Waals surface area contributed by atoms with Gasteiger partial charge in [0, 0.05) is 6.92 Å². The minimum atomic E-state index is 0.0961. The summed E-state index contributed by atoms with van der Waals surface area (Å²) in [4.78, 5) is 4.07. The molecule has 0 amide bonds. The zero-order valence-electron chi connectivity index (χ0n) is 8.58. The number of nitrogens with one attached hydrogen (secondary N) is 1. The van der Waals surface area contributed by atoms with Crippen LogP contribution in [0.5, 0.6) is 0 Å². The molecule has 4 heteroatoms. The predicted octanol–water partition coefficient (Wildman–Crippen LogP) is 1.27. The molecule has 0 aliphatic carbocycles. The largest absolute Gasteiger partial charge is 0.340 e. The van der Waals surface area contributed by atoms with Gasteiger partial charge in [0.1, 0.15) is 0 Å². The first kappa shape index (κ1) is 10.7. The molecular weight excluding hydrogens is 178 g/mol. The molecule has 1 atom stereocenters. The highest BCUT2D eigenvalue weighted by Gasteiger charge is 2.05. The number of nitrogens with zero attached hydrogens (tertiary/aromatic N) is 2. The summed E-state index contributed by atoms with van der Waals surface area (Å²) in [5.74, 6) is 3.91. The first-order valence-electron chi connectivity index (χ1n) is 4.75. The summed E-state index contributed by atoms with van der Waals surface area (Å²) in [5.41, 5.74) is 0. The standard InChI is InChI=1S/C10H15N3O/c1-4-6-9(5-2)11-7-10-12-8(3)14-13-10/h2,9,11H,4,6-7H2,1,3H3. The number of aromatic nitrogens is 2. The first-order chi connectivity index (χ1) is 6.76. The summed E-state index contributed by atoms with van der Waals surface area (Å²) in [6.07, 6.45) is 7.38. The maximum atomic E-state index is 5.35. The van der Waals surface area contributed by atoms with Crippen molar-refractivity contribution in [3.8, 4) is 12.3 Å². The van der Waals surface area contributed by atoms with Gasteiger partial charge in [-0.05, 0) is 6.42 Å². The SMILES string of the molecule is C#CC(CCC)NCc1noc(C)n1. The zero-order chi connectivity index (χ0) is 10.4. The molecule has 1 heterocycles. The van der Waals surface area contributed by atoms with Crippen molar-refractivity contribution in [3.63, 3.8) is 0 Å². The summed E-state index contributed by atoms with van der Waals surface area (Å²) in [6.45, 7) is 4.43. The number of hydrogen-bond acceptors (Lipinski definition) is 4. The van der Waals surface area contributed by atoms with Gasteiger partial charge in [-0.15, -0.1) is 6.42 Å². The highest BCUT2D eigenvalue weighted by molar-refractivity contribution is 4.99. The topological polar surface area (TPSA) is 51.0 Å². The van der Waals surface area contributed by atoms with Crippen molar-refractivity contribution in [2.75, 3.05) is 0 Å². The molecule has 1 unspecified atom stereocenters. The third kappa shape index (κ3) is 3.19. The lowest BCUT2D eigenvalue weighted by molar-refractivity contribution is 0.384. The fourth-order valence-corrected chi connectivity index (χ4v) is 1.16. The molecule has 0 aliphatic heterocycles. The first-order valence-corrected chi connectivity index (χ1v) is 4.75. The Morgan fingerprint density at radius 3 is 2.93 bits per heavy atom. The van der Waals surface area contributed by atoms with Crippen molar-refractivity contribution in [3.05, 3.63) is 11.7 Å². The van der Waals surface area contributed by atoms with E-state index in [1.807, 2.05) is 0 Å². The fraction of sp³-hybridized carbons (Fsp3) is 0.600. The predicted molar refractivity (Wildman–Crippen MR) is 53.4 cm³/mol. The molecule has 1 aromatic rings. The van der Waals surface area contributed by atoms with Crippen LogP contribution in [0.2, 0.25) is 0 Å². The number of rotatable bonds is 5. The molecule has 0 radical (unpaired) electrons. The summed E-state index contributed by atoms with van der Waals surface area (Å²) >= 11 is 0. The number of terminal acetylenes is 1. The Balaban J connectivity index is 2.36. The molecule has 14 heavy (non-hydrogen) atoms. The molecule has 0 aromatic carbocycles. The van der Waals surface area contributed by atoms with Crippen LogP contribution < -0.4 is 5.32 Å². The van der Waals surface area contributed by atoms with Gasteiger partial charge in [-0.3, -0.25) is 5.32 Å². The smallest absolute Gasteiger partial charge is 0.223 e. The van der Waals surface area contributed by atoms with Gasteiger partial charge in [0.25, 0.3) is 0 Å². The lowest BCUT2D eigenvalue weighted by Gasteiger charge is -2.09. The van der Waals surface area contributed by atoms with Crippen LogP contribution in [0, 0.1) is 19.3 Å². The summed E-state index contributed by atoms with van der Waals surface area (Å²) < 4.78 is 4.84. The highest BCUT2D eigenvalue weighted by atomic mass is 16.5. The highest BCUT2D eigenvalue weighted by Crippen LogP contribution is 1.98. The second-order valence-electron chi connectivity index (χ2n) is 3.12. The molecule has 0 saturated heterocycles. The van der Waals surface area contributed by atoms with Crippen LogP contribution in [0.25, 0.3) is 0 Å². The van der Waals surface area contributed by atoms with Gasteiger partial charge in [0.05, 0.1) is 12.6 Å². The normalized spacial score (nSPS) is 12.4. The van der Waals surface area contributed by atoms with E-state index in [0.29, 0.717) is 18.3 Å². The number of aryl methyl sites for hydroxylation is 1. The van der Waals surface area contributed by atoms with E-state index in [1.54, 1.807) is 6.92 Å². The van der Waals surface area contributed by atoms with Crippen molar-refractivity contribution >= 4 is 0 Å². The molecule has 0 bridgehead atoms. The van der Waals surface area contributed by atoms with Crippen LogP contribution in [0.4, 0.5) is 0 Å². The molecule has 1 aromatic heterocycles. The Morgan fingerprint density at radius 1 is 1.64 bits per heavy atom. The zero-order valence-corrected chi connectivity index (χ0v) is 8.58. The van der Waals surface area contributed by atoms with Crippen LogP contribution in [0.3, 0.4) is 0 Å². The van der Waals surface area contributed by atoms with Gasteiger partial charge in [-0.1, -0.05) is 24.4 Å². The Morgan fingerprint density at radius 2 is 2.43 bits per heavy atom. The second kappa shape index (κ2) is 5.40. The van der Waals surface area contributed by atoms with Crippen molar-refractivity contribution in [1.29, 1.82) is 0 Å². The van der Waals surface area contributed by atoms with Gasteiger partial charge < -0.3 is 4.52 Å². The minimum absolute atomic E-state index is 0.0961. The van der Waals surface area contributed by atoms with Crippen LogP contribution in [0.15, 0.2) is 4.52 Å². The number of hydrogen-bond donors (Lipinski definition) is 1. The van der Waals surface area contributed by atoms with Crippen molar-refractivity contribution < 1.29 is 4.52 Å². The van der Waals surface area contributed by atoms with E-state index in [9.17, 15) is 0 Å². The lowest BCUT2D eigenvalue weighted by atomic mass is 10.2. The van der Waals surface area contributed by atoms with E-state index < -0.39 is 0 Å². The molecule has 0 aliphatic rings. The lowest BCUT2D eigenvalue weighted by Crippen LogP contribution is -2.27. The average molecular weight is 193 g/mol. The minimum Gasteiger partial charge on any atom is -0.340 e. The van der Waals surface area contributed by atoms with Crippen molar-refractivity contribution in [2.45, 2.75) is 39.3 Å². The fourth-order valence-electron chi connectivity index (χ4n) is 1.16. The summed E-state index contributed by atoms with van der Waals surface area (Å²) in [5, 5.41) is 6.94. The molecule has 1 N–H and O–H groups in total. The molecule has 0 fully saturated rings. The van der Waals surface area contributed by atoms with Crippen LogP contribution in [-0.4, -0.2) is 16.2 Å². The monoisotopic (exact) mass is 193 g/mol. The van der Waals surface area contributed by atoms with E-state index in [4.69, 9.17) is 10.9 Å². The molecule has 1 rings (SSSR count). The maximum absolute atomic E-state index is 5.35. The van der Waals surface area contributed by atoms with E-state index in [1.165, 1.54) is 0 Å². The van der Waals surface area contributed by atoms with Gasteiger partial charge in [-0.25, -0.2) is 0 Å². The van der Waals surface area contributed by atoms with Crippen LogP contribution in [-0.2, 0) is 6.54 Å². The molecular formula is C10H15N3O. The maximum Gasteiger partial charge on any atom is 0.223 e. The summed E-state index contributed by atoms with van der Waals surface area (Å²) in [6, 6.07) is 0.0961. The van der Waals surface area contributed by atoms with Crippen molar-refractivity contribution in [2.24, 2.45) is 0 Å². The van der Waals surface area contributed by atoms with E-state index in [-0.39, 0.29) is 6.04 Å². The summed E-state index contributed by atoms with van der Waals surface area (Å²) in [7, 11) is 0.